The molecule has 14 nitrogen and oxygen atoms in total. The van der Waals surface area contributed by atoms with E-state index in [0.29, 0.717) is 6.42 Å². The first kappa shape index (κ1) is 32.6. The van der Waals surface area contributed by atoms with E-state index < -0.39 is 53.8 Å². The molecule has 0 aromatic rings. The summed E-state index contributed by atoms with van der Waals surface area (Å²) in [7, 11) is 0. The molecule has 0 saturated carbocycles. The molecule has 0 rings (SSSR count). The zero-order chi connectivity index (χ0) is 28.0. The topological polar surface area (TPSA) is 258 Å². The van der Waals surface area contributed by atoms with E-state index in [0.717, 1.165) is 0 Å². The van der Waals surface area contributed by atoms with Gasteiger partial charge in [0.1, 0.15) is 18.1 Å². The monoisotopic (exact) mass is 514 g/mol. The average molecular weight is 515 g/mol. The van der Waals surface area contributed by atoms with Gasteiger partial charge in [-0.25, -0.2) is 4.79 Å². The Balaban J connectivity index is 5.55. The van der Waals surface area contributed by atoms with Crippen molar-refractivity contribution in [2.24, 2.45) is 39.8 Å². The van der Waals surface area contributed by atoms with Crippen molar-refractivity contribution in [1.29, 1.82) is 0 Å². The molecule has 12 N–H and O–H groups in total. The largest absolute Gasteiger partial charge is 0.480 e. The summed E-state index contributed by atoms with van der Waals surface area (Å²) in [6.07, 6.45) is 0.542. The number of nitrogens with two attached hydrogens (primary N) is 4. The number of carboxylic acid groups (broad SMARTS) is 1. The third kappa shape index (κ3) is 13.5. The molecule has 36 heavy (non-hydrogen) atoms. The first-order valence-corrected chi connectivity index (χ1v) is 11.9. The molecule has 14 heteroatoms. The van der Waals surface area contributed by atoms with E-state index in [4.69, 9.17) is 22.9 Å². The van der Waals surface area contributed by atoms with Crippen LogP contribution in [0.4, 0.5) is 0 Å². The van der Waals surface area contributed by atoms with Crippen molar-refractivity contribution in [3.05, 3.63) is 0 Å². The van der Waals surface area contributed by atoms with Crippen molar-refractivity contribution < 1.29 is 29.1 Å². The quantitative estimate of drug-likeness (QED) is 0.0598. The van der Waals surface area contributed by atoms with Gasteiger partial charge in [-0.2, -0.15) is 0 Å². The summed E-state index contributed by atoms with van der Waals surface area (Å²) >= 11 is 0. The van der Waals surface area contributed by atoms with E-state index in [-0.39, 0.29) is 50.0 Å². The lowest BCUT2D eigenvalue weighted by atomic mass is 10.0. The standard InChI is InChI=1S/C22H42N8O6/c1-11(2)10-15(21(35)36)29-19(33)14(6-5-9-27-22(25)26)28-20(34)17(12(3)4)30-18(32)13(23)7-8-16(24)31/h11-15,17H,5-10,23H2,1-4H3,(H2,24,31)(H,28,34)(H,29,33)(H,30,32)(H,35,36)(H4,25,26,27). The number of guanidine groups is 1. The normalized spacial score (nSPS) is 14.3. The van der Waals surface area contributed by atoms with Gasteiger partial charge in [0.15, 0.2) is 5.96 Å². The van der Waals surface area contributed by atoms with E-state index in [2.05, 4.69) is 20.9 Å². The highest BCUT2D eigenvalue weighted by Crippen LogP contribution is 2.09. The second-order valence-corrected chi connectivity index (χ2v) is 9.38. The molecule has 0 saturated heterocycles. The van der Waals surface area contributed by atoms with Crippen LogP contribution in [0.3, 0.4) is 0 Å². The number of primary amides is 1. The molecular formula is C22H42N8O6. The van der Waals surface area contributed by atoms with Crippen LogP contribution in [0.2, 0.25) is 0 Å². The van der Waals surface area contributed by atoms with Crippen LogP contribution in [-0.2, 0) is 24.0 Å². The summed E-state index contributed by atoms with van der Waals surface area (Å²) in [6.45, 7) is 7.21. The van der Waals surface area contributed by atoms with Gasteiger partial charge in [0, 0.05) is 13.0 Å². The number of aliphatic imine (C=N–C) groups is 1. The molecule has 0 aliphatic heterocycles. The van der Waals surface area contributed by atoms with Gasteiger partial charge in [0.2, 0.25) is 23.6 Å². The maximum absolute atomic E-state index is 13.1. The molecule has 0 fully saturated rings. The second kappa shape index (κ2) is 16.3. The lowest BCUT2D eigenvalue weighted by molar-refractivity contribution is -0.143. The maximum Gasteiger partial charge on any atom is 0.326 e. The molecule has 0 radical (unpaired) electrons. The lowest BCUT2D eigenvalue weighted by Crippen LogP contribution is -2.58. The Morgan fingerprint density at radius 2 is 1.42 bits per heavy atom. The molecule has 4 amide bonds. The van der Waals surface area contributed by atoms with Gasteiger partial charge in [0.05, 0.1) is 6.04 Å². The number of nitrogens with one attached hydrogen (secondary N) is 3. The van der Waals surface area contributed by atoms with Gasteiger partial charge in [-0.15, -0.1) is 0 Å². The molecule has 0 aromatic carbocycles. The number of rotatable bonds is 17. The van der Waals surface area contributed by atoms with E-state index in [1.54, 1.807) is 13.8 Å². The zero-order valence-corrected chi connectivity index (χ0v) is 21.5. The van der Waals surface area contributed by atoms with Crippen molar-refractivity contribution in [3.8, 4) is 0 Å². The van der Waals surface area contributed by atoms with Crippen molar-refractivity contribution in [1.82, 2.24) is 16.0 Å². The Labute approximate surface area is 211 Å². The Bertz CT molecular complexity index is 797. The van der Waals surface area contributed by atoms with Gasteiger partial charge < -0.3 is 44.0 Å². The molecule has 206 valence electrons. The number of carbonyl (C=O) groups excluding carboxylic acids is 4. The van der Waals surface area contributed by atoms with Crippen LogP contribution in [0.15, 0.2) is 4.99 Å². The van der Waals surface area contributed by atoms with Gasteiger partial charge in [-0.1, -0.05) is 27.7 Å². The minimum atomic E-state index is -1.19. The molecule has 4 unspecified atom stereocenters. The van der Waals surface area contributed by atoms with Crippen LogP contribution >= 0.6 is 0 Å². The number of carboxylic acids is 1. The van der Waals surface area contributed by atoms with Crippen LogP contribution in [0, 0.1) is 11.8 Å². The summed E-state index contributed by atoms with van der Waals surface area (Å²) < 4.78 is 0. The van der Waals surface area contributed by atoms with Crippen molar-refractivity contribution >= 4 is 35.6 Å². The Morgan fingerprint density at radius 3 is 1.89 bits per heavy atom. The molecule has 0 aliphatic rings. The highest BCUT2D eigenvalue weighted by molar-refractivity contribution is 5.94. The average Bonchev–Trinajstić information content (AvgIpc) is 2.75. The fourth-order valence-electron chi connectivity index (χ4n) is 3.22. The molecule has 0 aromatic heterocycles. The lowest BCUT2D eigenvalue weighted by Gasteiger charge is -2.27. The van der Waals surface area contributed by atoms with Crippen molar-refractivity contribution in [2.75, 3.05) is 6.54 Å². The minimum Gasteiger partial charge on any atom is -0.480 e. The molecule has 0 heterocycles. The summed E-state index contributed by atoms with van der Waals surface area (Å²) in [5.74, 6) is -4.30. The van der Waals surface area contributed by atoms with Crippen molar-refractivity contribution in [2.45, 2.75) is 84.0 Å². The van der Waals surface area contributed by atoms with E-state index in [9.17, 15) is 29.1 Å². The first-order valence-electron chi connectivity index (χ1n) is 11.9. The van der Waals surface area contributed by atoms with Crippen LogP contribution in [0.25, 0.3) is 0 Å². The summed E-state index contributed by atoms with van der Waals surface area (Å²) in [6, 6.07) is -4.35. The van der Waals surface area contributed by atoms with Crippen LogP contribution in [0.1, 0.15) is 59.8 Å². The molecule has 0 bridgehead atoms. The summed E-state index contributed by atoms with van der Waals surface area (Å²) in [5.41, 5.74) is 21.5. The Kier molecular flexibility index (Phi) is 14.7. The van der Waals surface area contributed by atoms with Crippen LogP contribution in [0.5, 0.6) is 0 Å². The van der Waals surface area contributed by atoms with Gasteiger partial charge in [0.25, 0.3) is 0 Å². The highest BCUT2D eigenvalue weighted by atomic mass is 16.4. The number of hydrogen-bond donors (Lipinski definition) is 8. The number of amides is 4. The van der Waals surface area contributed by atoms with Gasteiger partial charge in [-0.05, 0) is 37.5 Å². The van der Waals surface area contributed by atoms with Gasteiger partial charge >= 0.3 is 5.97 Å². The summed E-state index contributed by atoms with van der Waals surface area (Å²) in [4.78, 5) is 64.8. The first-order chi connectivity index (χ1) is 16.6. The fraction of sp³-hybridized carbons (Fsp3) is 0.727. The van der Waals surface area contributed by atoms with Crippen LogP contribution < -0.4 is 38.9 Å². The fourth-order valence-corrected chi connectivity index (χ4v) is 3.22. The van der Waals surface area contributed by atoms with E-state index >= 15 is 0 Å². The van der Waals surface area contributed by atoms with Gasteiger partial charge in [-0.3, -0.25) is 24.2 Å². The highest BCUT2D eigenvalue weighted by Gasteiger charge is 2.31. The van der Waals surface area contributed by atoms with Crippen molar-refractivity contribution in [3.63, 3.8) is 0 Å². The van der Waals surface area contributed by atoms with Crippen LogP contribution in [-0.4, -0.2) is 71.4 Å². The second-order valence-electron chi connectivity index (χ2n) is 9.38. The Hall–Kier alpha value is -3.42. The molecule has 0 aliphatic carbocycles. The number of nitrogens with zero attached hydrogens (tertiary/aromatic N) is 1. The maximum atomic E-state index is 13.1. The molecule has 0 spiro atoms. The van der Waals surface area contributed by atoms with E-state index in [1.165, 1.54) is 0 Å². The predicted molar refractivity (Wildman–Crippen MR) is 134 cm³/mol. The Morgan fingerprint density at radius 1 is 0.833 bits per heavy atom. The third-order valence-corrected chi connectivity index (χ3v) is 5.19. The smallest absolute Gasteiger partial charge is 0.326 e. The number of hydrogen-bond acceptors (Lipinski definition) is 7. The summed E-state index contributed by atoms with van der Waals surface area (Å²) in [5, 5.41) is 17.1. The minimum absolute atomic E-state index is 0.000569. The number of aliphatic carboxylic acids is 1. The zero-order valence-electron chi connectivity index (χ0n) is 21.5. The SMILES string of the molecule is CC(C)CC(NC(=O)C(CCCN=C(N)N)NC(=O)C(NC(=O)C(N)CCC(N)=O)C(C)C)C(=O)O. The number of carbonyl (C=O) groups is 5. The third-order valence-electron chi connectivity index (χ3n) is 5.19. The molecular weight excluding hydrogens is 472 g/mol. The molecule has 4 atom stereocenters. The predicted octanol–water partition coefficient (Wildman–Crippen LogP) is -2.13. The van der Waals surface area contributed by atoms with E-state index in [1.807, 2.05) is 13.8 Å².